The number of rotatable bonds is 5. The molecule has 0 saturated carbocycles. The van der Waals surface area contributed by atoms with Crippen molar-refractivity contribution in [1.29, 1.82) is 0 Å². The molecule has 0 heterocycles. The molecule has 21 heavy (non-hydrogen) atoms. The third kappa shape index (κ3) is 4.76. The lowest BCUT2D eigenvalue weighted by molar-refractivity contribution is -0.121. The largest absolute Gasteiger partial charge is 0.507 e. The number of aromatic hydroxyl groups is 1. The van der Waals surface area contributed by atoms with Crippen LogP contribution in [0.3, 0.4) is 0 Å². The molecule has 0 aliphatic heterocycles. The molecule has 4 heteroatoms. The van der Waals surface area contributed by atoms with Crippen LogP contribution in [0.1, 0.15) is 23.1 Å². The number of benzene rings is 2. The highest BCUT2D eigenvalue weighted by Crippen LogP contribution is 2.15. The van der Waals surface area contributed by atoms with Crippen molar-refractivity contribution in [3.8, 4) is 5.75 Å². The van der Waals surface area contributed by atoms with Crippen molar-refractivity contribution in [3.63, 3.8) is 0 Å². The Morgan fingerprint density at radius 1 is 1.24 bits per heavy atom. The molecule has 0 fully saturated rings. The van der Waals surface area contributed by atoms with Gasteiger partial charge in [-0.25, -0.2) is 5.43 Å². The highest BCUT2D eigenvalue weighted by Gasteiger charge is 2.01. The Balaban J connectivity index is 1.83. The predicted octanol–water partition coefficient (Wildman–Crippen LogP) is 2.78. The van der Waals surface area contributed by atoms with Gasteiger partial charge in [0, 0.05) is 12.0 Å². The fourth-order valence-electron chi connectivity index (χ4n) is 1.91. The zero-order valence-corrected chi connectivity index (χ0v) is 11.9. The Morgan fingerprint density at radius 2 is 2.00 bits per heavy atom. The number of amides is 1. The minimum atomic E-state index is -0.151. The smallest absolute Gasteiger partial charge is 0.240 e. The number of carbonyl (C=O) groups is 1. The summed E-state index contributed by atoms with van der Waals surface area (Å²) < 4.78 is 0. The Labute approximate surface area is 124 Å². The minimum Gasteiger partial charge on any atom is -0.507 e. The van der Waals surface area contributed by atoms with Crippen molar-refractivity contribution in [2.24, 2.45) is 5.10 Å². The zero-order valence-electron chi connectivity index (χ0n) is 11.9. The molecule has 0 aromatic heterocycles. The molecule has 2 N–H and O–H groups in total. The number of nitrogens with zero attached hydrogens (tertiary/aromatic N) is 1. The lowest BCUT2D eigenvalue weighted by atomic mass is 10.1. The molecule has 0 aliphatic rings. The third-order valence-electron chi connectivity index (χ3n) is 3.06. The van der Waals surface area contributed by atoms with Crippen LogP contribution in [0.2, 0.25) is 0 Å². The first-order valence-corrected chi connectivity index (χ1v) is 6.80. The van der Waals surface area contributed by atoms with Gasteiger partial charge in [0.15, 0.2) is 0 Å². The van der Waals surface area contributed by atoms with Crippen molar-refractivity contribution >= 4 is 12.1 Å². The van der Waals surface area contributed by atoms with E-state index in [0.717, 1.165) is 11.1 Å². The fourth-order valence-corrected chi connectivity index (χ4v) is 1.91. The van der Waals surface area contributed by atoms with Gasteiger partial charge in [0.25, 0.3) is 0 Å². The molecule has 0 atom stereocenters. The molecular formula is C17H18N2O2. The van der Waals surface area contributed by atoms with Crippen LogP contribution < -0.4 is 5.43 Å². The summed E-state index contributed by atoms with van der Waals surface area (Å²) in [5, 5.41) is 13.5. The van der Waals surface area contributed by atoms with Crippen molar-refractivity contribution in [2.45, 2.75) is 19.8 Å². The average molecular weight is 282 g/mol. The third-order valence-corrected chi connectivity index (χ3v) is 3.06. The SMILES string of the molecule is Cc1ccc(O)c(/C=N\NC(=O)CCc2ccccc2)c1. The standard InChI is InChI=1S/C17H18N2O2/c1-13-7-9-16(20)15(11-13)12-18-19-17(21)10-8-14-5-3-2-4-6-14/h2-7,9,11-12,20H,8,10H2,1H3,(H,19,21)/b18-12-. The van der Waals surface area contributed by atoms with Gasteiger partial charge in [-0.15, -0.1) is 0 Å². The Bertz CT molecular complexity index is 636. The van der Waals surface area contributed by atoms with Crippen LogP contribution in [0.5, 0.6) is 5.75 Å². The van der Waals surface area contributed by atoms with Gasteiger partial charge in [-0.1, -0.05) is 42.0 Å². The van der Waals surface area contributed by atoms with Gasteiger partial charge < -0.3 is 5.11 Å². The first-order valence-electron chi connectivity index (χ1n) is 6.80. The average Bonchev–Trinajstić information content (AvgIpc) is 2.50. The zero-order chi connectivity index (χ0) is 15.1. The fraction of sp³-hybridized carbons (Fsp3) is 0.176. The van der Waals surface area contributed by atoms with Gasteiger partial charge >= 0.3 is 0 Å². The van der Waals surface area contributed by atoms with Gasteiger partial charge in [-0.05, 0) is 31.0 Å². The normalized spacial score (nSPS) is 10.7. The van der Waals surface area contributed by atoms with E-state index >= 15 is 0 Å². The van der Waals surface area contributed by atoms with Crippen molar-refractivity contribution in [2.75, 3.05) is 0 Å². The van der Waals surface area contributed by atoms with Crippen LogP contribution in [-0.2, 0) is 11.2 Å². The van der Waals surface area contributed by atoms with E-state index in [0.29, 0.717) is 18.4 Å². The molecule has 0 spiro atoms. The summed E-state index contributed by atoms with van der Waals surface area (Å²) >= 11 is 0. The van der Waals surface area contributed by atoms with E-state index in [1.165, 1.54) is 6.21 Å². The second kappa shape index (κ2) is 7.24. The van der Waals surface area contributed by atoms with E-state index in [2.05, 4.69) is 10.5 Å². The second-order valence-electron chi connectivity index (χ2n) is 4.84. The van der Waals surface area contributed by atoms with E-state index in [1.54, 1.807) is 12.1 Å². The van der Waals surface area contributed by atoms with E-state index in [9.17, 15) is 9.90 Å². The van der Waals surface area contributed by atoms with Gasteiger partial charge in [-0.2, -0.15) is 5.10 Å². The van der Waals surface area contributed by atoms with Crippen LogP contribution in [0, 0.1) is 6.92 Å². The summed E-state index contributed by atoms with van der Waals surface area (Å²) in [4.78, 5) is 11.7. The van der Waals surface area contributed by atoms with Gasteiger partial charge in [-0.3, -0.25) is 4.79 Å². The van der Waals surface area contributed by atoms with Crippen LogP contribution in [0.25, 0.3) is 0 Å². The van der Waals surface area contributed by atoms with Crippen molar-refractivity contribution in [1.82, 2.24) is 5.43 Å². The topological polar surface area (TPSA) is 61.7 Å². The van der Waals surface area contributed by atoms with Crippen LogP contribution >= 0.6 is 0 Å². The van der Waals surface area contributed by atoms with Gasteiger partial charge in [0.05, 0.1) is 6.21 Å². The monoisotopic (exact) mass is 282 g/mol. The van der Waals surface area contributed by atoms with E-state index in [4.69, 9.17) is 0 Å². The first-order chi connectivity index (χ1) is 10.1. The summed E-state index contributed by atoms with van der Waals surface area (Å²) in [6.07, 6.45) is 2.50. The molecule has 0 bridgehead atoms. The molecule has 0 aliphatic carbocycles. The lowest BCUT2D eigenvalue weighted by Gasteiger charge is -2.02. The van der Waals surface area contributed by atoms with E-state index in [-0.39, 0.29) is 11.7 Å². The molecule has 0 saturated heterocycles. The van der Waals surface area contributed by atoms with Crippen molar-refractivity contribution in [3.05, 3.63) is 65.2 Å². The second-order valence-corrected chi connectivity index (χ2v) is 4.84. The number of carbonyl (C=O) groups excluding carboxylic acids is 1. The summed E-state index contributed by atoms with van der Waals surface area (Å²) in [7, 11) is 0. The molecule has 2 aromatic rings. The molecule has 108 valence electrons. The maximum atomic E-state index is 11.7. The maximum Gasteiger partial charge on any atom is 0.240 e. The number of hydrogen-bond acceptors (Lipinski definition) is 3. The number of hydrazone groups is 1. The lowest BCUT2D eigenvalue weighted by Crippen LogP contribution is -2.17. The Hall–Kier alpha value is -2.62. The number of phenols is 1. The van der Waals surface area contributed by atoms with Gasteiger partial charge in [0.2, 0.25) is 5.91 Å². The maximum absolute atomic E-state index is 11.7. The summed E-state index contributed by atoms with van der Waals surface area (Å²) in [5.74, 6) is -0.00914. The highest BCUT2D eigenvalue weighted by molar-refractivity contribution is 5.85. The molecule has 2 aromatic carbocycles. The minimum absolute atomic E-state index is 0.142. The predicted molar refractivity (Wildman–Crippen MR) is 83.3 cm³/mol. The molecule has 1 amide bonds. The molecule has 4 nitrogen and oxygen atoms in total. The van der Waals surface area contributed by atoms with Crippen LogP contribution in [0.4, 0.5) is 0 Å². The number of hydrogen-bond donors (Lipinski definition) is 2. The Morgan fingerprint density at radius 3 is 2.76 bits per heavy atom. The summed E-state index contributed by atoms with van der Waals surface area (Å²) in [5.41, 5.74) is 5.19. The van der Waals surface area contributed by atoms with Gasteiger partial charge in [0.1, 0.15) is 5.75 Å². The molecule has 2 rings (SSSR count). The first kappa shape index (κ1) is 14.8. The number of aryl methyl sites for hydroxylation is 2. The molecule has 0 radical (unpaired) electrons. The molecular weight excluding hydrogens is 264 g/mol. The summed E-state index contributed by atoms with van der Waals surface area (Å²) in [6.45, 7) is 1.93. The molecule has 0 unspecified atom stereocenters. The highest BCUT2D eigenvalue weighted by atomic mass is 16.3. The van der Waals surface area contributed by atoms with Crippen LogP contribution in [-0.4, -0.2) is 17.2 Å². The number of phenolic OH excluding ortho intramolecular Hbond substituents is 1. The van der Waals surface area contributed by atoms with E-state index < -0.39 is 0 Å². The quantitative estimate of drug-likeness (QED) is 0.654. The van der Waals surface area contributed by atoms with Crippen LogP contribution in [0.15, 0.2) is 53.6 Å². The van der Waals surface area contributed by atoms with E-state index in [1.807, 2.05) is 43.3 Å². The Kier molecular flexibility index (Phi) is 5.10. The summed E-state index contributed by atoms with van der Waals surface area (Å²) in [6, 6.07) is 15.0. The number of nitrogens with one attached hydrogen (secondary N) is 1. The van der Waals surface area contributed by atoms with Crippen molar-refractivity contribution < 1.29 is 9.90 Å².